The largest absolute Gasteiger partial charge is 0.336 e. The van der Waals surface area contributed by atoms with Gasteiger partial charge in [0.2, 0.25) is 0 Å². The Morgan fingerprint density at radius 2 is 1.37 bits per heavy atom. The second kappa shape index (κ2) is 7.97. The van der Waals surface area contributed by atoms with Gasteiger partial charge in [-0.15, -0.1) is 0 Å². The summed E-state index contributed by atoms with van der Waals surface area (Å²) >= 11 is 6.01. The van der Waals surface area contributed by atoms with Crippen LogP contribution in [0.25, 0.3) is 22.3 Å². The maximum atomic E-state index is 12.7. The summed E-state index contributed by atoms with van der Waals surface area (Å²) in [6.07, 6.45) is 0. The maximum Gasteiger partial charge on any atom is 0.264 e. The van der Waals surface area contributed by atoms with Gasteiger partial charge in [0.25, 0.3) is 15.9 Å². The molecule has 3 aromatic carbocycles. The van der Waals surface area contributed by atoms with Crippen LogP contribution in [-0.4, -0.2) is 13.6 Å². The lowest BCUT2D eigenvalue weighted by molar-refractivity contribution is 0.430. The SMILES string of the molecule is Cc1ccc(-c2ccccc2-c2ccc(S(=O)(=O)Nc3onc(C)c3Cl)cc2)cc1. The van der Waals surface area contributed by atoms with E-state index in [0.717, 1.165) is 22.3 Å². The van der Waals surface area contributed by atoms with Gasteiger partial charge in [0.15, 0.2) is 0 Å². The van der Waals surface area contributed by atoms with Crippen LogP contribution < -0.4 is 4.72 Å². The Balaban J connectivity index is 1.66. The monoisotopic (exact) mass is 438 g/mol. The molecule has 0 aliphatic heterocycles. The van der Waals surface area contributed by atoms with E-state index in [4.69, 9.17) is 16.1 Å². The van der Waals surface area contributed by atoms with Gasteiger partial charge < -0.3 is 4.52 Å². The standard InChI is InChI=1S/C23H19ClN2O3S/c1-15-7-9-17(10-8-15)20-5-3-4-6-21(20)18-11-13-19(14-12-18)30(27,28)26-23-22(24)16(2)25-29-23/h3-14,26H,1-2H3. The van der Waals surface area contributed by atoms with Crippen molar-refractivity contribution in [2.24, 2.45) is 0 Å². The molecule has 0 saturated carbocycles. The van der Waals surface area contributed by atoms with Crippen molar-refractivity contribution in [3.05, 3.63) is 89.1 Å². The van der Waals surface area contributed by atoms with Crippen LogP contribution in [0.5, 0.6) is 0 Å². The number of anilines is 1. The van der Waals surface area contributed by atoms with Crippen LogP contribution in [0.1, 0.15) is 11.3 Å². The van der Waals surface area contributed by atoms with Crippen LogP contribution in [0, 0.1) is 13.8 Å². The van der Waals surface area contributed by atoms with E-state index in [-0.39, 0.29) is 15.8 Å². The van der Waals surface area contributed by atoms with Crippen LogP contribution in [0.2, 0.25) is 5.02 Å². The third-order valence-corrected chi connectivity index (χ3v) is 6.58. The van der Waals surface area contributed by atoms with Crippen molar-refractivity contribution in [3.8, 4) is 22.3 Å². The molecule has 0 bridgehead atoms. The molecule has 1 heterocycles. The van der Waals surface area contributed by atoms with Crippen molar-refractivity contribution >= 4 is 27.5 Å². The topological polar surface area (TPSA) is 72.2 Å². The quantitative estimate of drug-likeness (QED) is 0.409. The number of benzene rings is 3. The zero-order valence-electron chi connectivity index (χ0n) is 16.4. The van der Waals surface area contributed by atoms with Gasteiger partial charge in [-0.25, -0.2) is 13.1 Å². The van der Waals surface area contributed by atoms with Gasteiger partial charge in [-0.2, -0.15) is 0 Å². The Labute approximate surface area is 180 Å². The van der Waals surface area contributed by atoms with Crippen molar-refractivity contribution in [2.75, 3.05) is 4.72 Å². The number of hydrogen-bond acceptors (Lipinski definition) is 4. The van der Waals surface area contributed by atoms with Crippen LogP contribution in [0.3, 0.4) is 0 Å². The Bertz CT molecular complexity index is 1300. The molecule has 4 aromatic rings. The number of hydrogen-bond donors (Lipinski definition) is 1. The zero-order valence-corrected chi connectivity index (χ0v) is 18.0. The van der Waals surface area contributed by atoms with Gasteiger partial charge in [0.1, 0.15) is 10.7 Å². The molecule has 0 radical (unpaired) electrons. The highest BCUT2D eigenvalue weighted by molar-refractivity contribution is 7.92. The van der Waals surface area contributed by atoms with E-state index in [1.807, 2.05) is 18.2 Å². The normalized spacial score (nSPS) is 11.4. The van der Waals surface area contributed by atoms with E-state index < -0.39 is 10.0 Å². The summed E-state index contributed by atoms with van der Waals surface area (Å²) in [4.78, 5) is 0.101. The summed E-state index contributed by atoms with van der Waals surface area (Å²) in [6.45, 7) is 3.68. The lowest BCUT2D eigenvalue weighted by Crippen LogP contribution is -2.12. The Kier molecular flexibility index (Phi) is 5.37. The first-order valence-electron chi connectivity index (χ1n) is 9.26. The highest BCUT2D eigenvalue weighted by atomic mass is 35.5. The fourth-order valence-corrected chi connectivity index (χ4v) is 4.30. The molecule has 0 unspecified atom stereocenters. The number of aromatic nitrogens is 1. The summed E-state index contributed by atoms with van der Waals surface area (Å²) in [6, 6.07) is 23.0. The predicted octanol–water partition coefficient (Wildman–Crippen LogP) is 6.08. The molecule has 0 saturated heterocycles. The van der Waals surface area contributed by atoms with Gasteiger partial charge in [0, 0.05) is 0 Å². The number of nitrogens with zero attached hydrogens (tertiary/aromatic N) is 1. The van der Waals surface area contributed by atoms with Crippen LogP contribution in [0.4, 0.5) is 5.88 Å². The van der Waals surface area contributed by atoms with Crippen molar-refractivity contribution < 1.29 is 12.9 Å². The van der Waals surface area contributed by atoms with Gasteiger partial charge in [-0.1, -0.05) is 83.0 Å². The van der Waals surface area contributed by atoms with Gasteiger partial charge in [-0.3, -0.25) is 0 Å². The minimum Gasteiger partial charge on any atom is -0.336 e. The van der Waals surface area contributed by atoms with Crippen LogP contribution in [0.15, 0.2) is 82.2 Å². The number of sulfonamides is 1. The number of halogens is 1. The smallest absolute Gasteiger partial charge is 0.264 e. The summed E-state index contributed by atoms with van der Waals surface area (Å²) in [5, 5.41) is 3.80. The van der Waals surface area contributed by atoms with E-state index in [0.29, 0.717) is 5.69 Å². The molecule has 30 heavy (non-hydrogen) atoms. The average Bonchev–Trinajstić information content (AvgIpc) is 3.06. The van der Waals surface area contributed by atoms with Crippen LogP contribution >= 0.6 is 11.6 Å². The maximum absolute atomic E-state index is 12.7. The van der Waals surface area contributed by atoms with E-state index >= 15 is 0 Å². The average molecular weight is 439 g/mol. The first kappa shape index (κ1) is 20.2. The van der Waals surface area contributed by atoms with Gasteiger partial charge >= 0.3 is 0 Å². The highest BCUT2D eigenvalue weighted by Crippen LogP contribution is 2.33. The Morgan fingerprint density at radius 3 is 1.87 bits per heavy atom. The second-order valence-electron chi connectivity index (χ2n) is 6.95. The summed E-state index contributed by atoms with van der Waals surface area (Å²) in [5.41, 5.74) is 5.73. The molecule has 1 N–H and O–H groups in total. The molecule has 4 rings (SSSR count). The lowest BCUT2D eigenvalue weighted by Gasteiger charge is -2.11. The third kappa shape index (κ3) is 3.97. The lowest BCUT2D eigenvalue weighted by atomic mass is 9.94. The van der Waals surface area contributed by atoms with Gasteiger partial charge in [0.05, 0.1) is 4.90 Å². The predicted molar refractivity (Wildman–Crippen MR) is 119 cm³/mol. The first-order chi connectivity index (χ1) is 14.3. The molecule has 152 valence electrons. The molecule has 0 aliphatic rings. The fourth-order valence-electron chi connectivity index (χ4n) is 3.14. The van der Waals surface area contributed by atoms with E-state index in [1.165, 1.54) is 5.56 Å². The van der Waals surface area contributed by atoms with E-state index in [2.05, 4.69) is 47.1 Å². The Morgan fingerprint density at radius 1 is 0.833 bits per heavy atom. The van der Waals surface area contributed by atoms with Crippen molar-refractivity contribution in [3.63, 3.8) is 0 Å². The van der Waals surface area contributed by atoms with Crippen molar-refractivity contribution in [1.29, 1.82) is 0 Å². The molecule has 7 heteroatoms. The molecular weight excluding hydrogens is 420 g/mol. The molecule has 0 amide bonds. The minimum absolute atomic E-state index is 0.0945. The summed E-state index contributed by atoms with van der Waals surface area (Å²) in [5.74, 6) is -0.0945. The zero-order chi connectivity index (χ0) is 21.3. The summed E-state index contributed by atoms with van der Waals surface area (Å²) < 4.78 is 32.6. The van der Waals surface area contributed by atoms with Crippen LogP contribution in [-0.2, 0) is 10.0 Å². The van der Waals surface area contributed by atoms with E-state index in [1.54, 1.807) is 31.2 Å². The molecule has 0 fully saturated rings. The molecule has 5 nitrogen and oxygen atoms in total. The minimum atomic E-state index is -3.86. The van der Waals surface area contributed by atoms with Crippen molar-refractivity contribution in [1.82, 2.24) is 5.16 Å². The van der Waals surface area contributed by atoms with Gasteiger partial charge in [-0.05, 0) is 48.2 Å². The van der Waals surface area contributed by atoms with Crippen molar-refractivity contribution in [2.45, 2.75) is 18.7 Å². The third-order valence-electron chi connectivity index (χ3n) is 4.78. The molecular formula is C23H19ClN2O3S. The first-order valence-corrected chi connectivity index (χ1v) is 11.1. The Hall–Kier alpha value is -3.09. The highest BCUT2D eigenvalue weighted by Gasteiger charge is 2.20. The molecule has 0 spiro atoms. The molecule has 1 aromatic heterocycles. The number of aryl methyl sites for hydroxylation is 2. The fraction of sp³-hybridized carbons (Fsp3) is 0.0870. The number of nitrogens with one attached hydrogen (secondary N) is 1. The molecule has 0 atom stereocenters. The number of rotatable bonds is 5. The van der Waals surface area contributed by atoms with E-state index in [9.17, 15) is 8.42 Å². The summed E-state index contributed by atoms with van der Waals surface area (Å²) in [7, 11) is -3.86. The molecule has 0 aliphatic carbocycles. The second-order valence-corrected chi connectivity index (χ2v) is 9.01.